The van der Waals surface area contributed by atoms with Crippen LogP contribution in [0.5, 0.6) is 0 Å². The van der Waals surface area contributed by atoms with Crippen LogP contribution >= 0.6 is 24.0 Å². The normalized spacial score (nSPS) is 25.2. The molecular formula is C21H35IN4O2S. The highest BCUT2D eigenvalue weighted by atomic mass is 127. The fourth-order valence-corrected chi connectivity index (χ4v) is 5.08. The second-order valence-corrected chi connectivity index (χ2v) is 10.2. The summed E-state index contributed by atoms with van der Waals surface area (Å²) in [5.41, 5.74) is 1.10. The van der Waals surface area contributed by atoms with Gasteiger partial charge in [-0.1, -0.05) is 18.6 Å². The summed E-state index contributed by atoms with van der Waals surface area (Å²) in [7, 11) is -0.862. The molecule has 0 saturated carbocycles. The summed E-state index contributed by atoms with van der Waals surface area (Å²) in [6, 6.07) is 8.99. The molecule has 0 amide bonds. The second kappa shape index (κ2) is 10.9. The Bertz CT molecular complexity index is 768. The molecule has 1 aromatic rings. The minimum Gasteiger partial charge on any atom is -0.357 e. The lowest BCUT2D eigenvalue weighted by molar-refractivity contribution is 0.0526. The van der Waals surface area contributed by atoms with E-state index in [1.165, 1.54) is 38.4 Å². The number of guanidine groups is 1. The largest absolute Gasteiger partial charge is 0.357 e. The number of nitrogens with one attached hydrogen (secondary N) is 2. The van der Waals surface area contributed by atoms with Crippen LogP contribution in [0.15, 0.2) is 34.2 Å². The number of rotatable bonds is 6. The van der Waals surface area contributed by atoms with E-state index in [2.05, 4.69) is 29.5 Å². The zero-order chi connectivity index (χ0) is 20.1. The van der Waals surface area contributed by atoms with Crippen LogP contribution in [0.2, 0.25) is 0 Å². The Hall–Kier alpha value is -0.870. The fourth-order valence-electron chi connectivity index (χ4n) is 4.45. The van der Waals surface area contributed by atoms with E-state index in [0.717, 1.165) is 24.5 Å². The van der Waals surface area contributed by atoms with Crippen LogP contribution in [0, 0.1) is 0 Å². The Morgan fingerprint density at radius 2 is 1.79 bits per heavy atom. The van der Waals surface area contributed by atoms with E-state index in [4.69, 9.17) is 4.99 Å². The molecule has 0 radical (unpaired) electrons. The van der Waals surface area contributed by atoms with E-state index in [9.17, 15) is 8.42 Å². The molecule has 2 aliphatic rings. The molecule has 1 aromatic carbocycles. The van der Waals surface area contributed by atoms with Crippen LogP contribution in [-0.4, -0.2) is 63.8 Å². The lowest BCUT2D eigenvalue weighted by Crippen LogP contribution is -2.56. The first-order valence-corrected chi connectivity index (χ1v) is 12.3. The Kier molecular flexibility index (Phi) is 9.21. The standard InChI is InChI=1S/C21H34N4O2S.HI/c1-4-22-21(24-17-14-18-6-5-7-19(15-17)25(18)2)23-13-12-16-8-10-20(11-9-16)28(3,26)27;/h8-11,17-19H,4-7,12-15H2,1-3H3,(H2,22,23,24);1H. The summed E-state index contributed by atoms with van der Waals surface area (Å²) < 4.78 is 23.1. The molecule has 2 fully saturated rings. The molecule has 29 heavy (non-hydrogen) atoms. The van der Waals surface area contributed by atoms with E-state index in [0.29, 0.717) is 29.6 Å². The van der Waals surface area contributed by atoms with Crippen LogP contribution in [0.4, 0.5) is 0 Å². The third-order valence-electron chi connectivity index (χ3n) is 6.05. The van der Waals surface area contributed by atoms with Gasteiger partial charge in [-0.2, -0.15) is 0 Å². The Morgan fingerprint density at radius 1 is 1.17 bits per heavy atom. The van der Waals surface area contributed by atoms with Crippen molar-refractivity contribution < 1.29 is 8.42 Å². The topological polar surface area (TPSA) is 73.8 Å². The van der Waals surface area contributed by atoms with Crippen LogP contribution in [0.1, 0.15) is 44.6 Å². The van der Waals surface area contributed by atoms with Crippen molar-refractivity contribution in [3.8, 4) is 0 Å². The molecule has 6 nitrogen and oxygen atoms in total. The molecule has 0 aromatic heterocycles. The zero-order valence-corrected chi connectivity index (χ0v) is 20.9. The van der Waals surface area contributed by atoms with Crippen molar-refractivity contribution in [3.05, 3.63) is 29.8 Å². The monoisotopic (exact) mass is 534 g/mol. The van der Waals surface area contributed by atoms with Gasteiger partial charge in [-0.15, -0.1) is 24.0 Å². The van der Waals surface area contributed by atoms with Gasteiger partial charge in [0.2, 0.25) is 0 Å². The minimum absolute atomic E-state index is 0. The van der Waals surface area contributed by atoms with Gasteiger partial charge in [0.05, 0.1) is 4.90 Å². The predicted molar refractivity (Wildman–Crippen MR) is 130 cm³/mol. The molecule has 2 atom stereocenters. The third kappa shape index (κ3) is 6.82. The van der Waals surface area contributed by atoms with Crippen molar-refractivity contribution in [1.82, 2.24) is 15.5 Å². The highest BCUT2D eigenvalue weighted by Crippen LogP contribution is 2.32. The lowest BCUT2D eigenvalue weighted by Gasteiger charge is -2.47. The number of benzene rings is 1. The molecular weight excluding hydrogens is 499 g/mol. The van der Waals surface area contributed by atoms with Gasteiger partial charge >= 0.3 is 0 Å². The molecule has 3 rings (SSSR count). The number of sulfone groups is 1. The number of halogens is 1. The van der Waals surface area contributed by atoms with Gasteiger partial charge in [-0.05, 0) is 63.8 Å². The zero-order valence-electron chi connectivity index (χ0n) is 17.7. The van der Waals surface area contributed by atoms with Gasteiger partial charge in [0, 0.05) is 37.5 Å². The molecule has 8 heteroatoms. The molecule has 2 saturated heterocycles. The van der Waals surface area contributed by atoms with Crippen LogP contribution in [0.25, 0.3) is 0 Å². The maximum atomic E-state index is 11.6. The maximum absolute atomic E-state index is 11.6. The average Bonchev–Trinajstić information content (AvgIpc) is 2.62. The first kappa shape index (κ1) is 24.4. The number of aliphatic imine (C=N–C) groups is 1. The lowest BCUT2D eigenvalue weighted by atomic mass is 9.82. The summed E-state index contributed by atoms with van der Waals surface area (Å²) in [6.07, 6.45) is 8.37. The molecule has 2 N–H and O–H groups in total. The van der Waals surface area contributed by atoms with E-state index in [-0.39, 0.29) is 24.0 Å². The second-order valence-electron chi connectivity index (χ2n) is 8.14. The van der Waals surface area contributed by atoms with Crippen LogP contribution in [-0.2, 0) is 16.3 Å². The summed E-state index contributed by atoms with van der Waals surface area (Å²) in [6.45, 7) is 3.60. The van der Waals surface area contributed by atoms with E-state index >= 15 is 0 Å². The number of fused-ring (bicyclic) bond motifs is 2. The smallest absolute Gasteiger partial charge is 0.191 e. The summed E-state index contributed by atoms with van der Waals surface area (Å²) in [5.74, 6) is 0.892. The van der Waals surface area contributed by atoms with E-state index in [1.54, 1.807) is 12.1 Å². The van der Waals surface area contributed by atoms with Gasteiger partial charge in [0.1, 0.15) is 0 Å². The summed E-state index contributed by atoms with van der Waals surface area (Å²) in [4.78, 5) is 7.69. The van der Waals surface area contributed by atoms with E-state index in [1.807, 2.05) is 12.1 Å². The maximum Gasteiger partial charge on any atom is 0.191 e. The summed E-state index contributed by atoms with van der Waals surface area (Å²) in [5, 5.41) is 7.02. The molecule has 0 spiro atoms. The third-order valence-corrected chi connectivity index (χ3v) is 7.18. The first-order valence-electron chi connectivity index (χ1n) is 10.4. The highest BCUT2D eigenvalue weighted by molar-refractivity contribution is 14.0. The Labute approximate surface area is 192 Å². The highest BCUT2D eigenvalue weighted by Gasteiger charge is 2.36. The van der Waals surface area contributed by atoms with Crippen molar-refractivity contribution in [3.63, 3.8) is 0 Å². The quantitative estimate of drug-likeness (QED) is 0.334. The van der Waals surface area contributed by atoms with Gasteiger partial charge in [-0.3, -0.25) is 4.99 Å². The van der Waals surface area contributed by atoms with Crippen LogP contribution < -0.4 is 10.6 Å². The molecule has 2 heterocycles. The molecule has 164 valence electrons. The number of hydrogen-bond acceptors (Lipinski definition) is 4. The van der Waals surface area contributed by atoms with Crippen molar-refractivity contribution in [2.75, 3.05) is 26.4 Å². The van der Waals surface area contributed by atoms with Crippen molar-refractivity contribution in [2.45, 2.75) is 68.5 Å². The fraction of sp³-hybridized carbons (Fsp3) is 0.667. The van der Waals surface area contributed by atoms with Crippen LogP contribution in [0.3, 0.4) is 0 Å². The molecule has 0 aliphatic carbocycles. The van der Waals surface area contributed by atoms with Gasteiger partial charge < -0.3 is 15.5 Å². The minimum atomic E-state index is -3.14. The Balaban J connectivity index is 0.00000300. The molecule has 2 unspecified atom stereocenters. The molecule has 2 aliphatic heterocycles. The predicted octanol–water partition coefficient (Wildman–Crippen LogP) is 2.82. The van der Waals surface area contributed by atoms with Gasteiger partial charge in [0.15, 0.2) is 15.8 Å². The SMILES string of the molecule is CCNC(=NCCc1ccc(S(C)(=O)=O)cc1)NC1CC2CCCC(C1)N2C.I. The van der Waals surface area contributed by atoms with Crippen molar-refractivity contribution in [2.24, 2.45) is 4.99 Å². The number of nitrogens with zero attached hydrogens (tertiary/aromatic N) is 2. The summed E-state index contributed by atoms with van der Waals surface area (Å²) >= 11 is 0. The van der Waals surface area contributed by atoms with Gasteiger partial charge in [0.25, 0.3) is 0 Å². The van der Waals surface area contributed by atoms with Crippen molar-refractivity contribution >= 4 is 39.8 Å². The first-order chi connectivity index (χ1) is 13.4. The average molecular weight is 535 g/mol. The molecule has 2 bridgehead atoms. The number of piperidine rings is 2. The Morgan fingerprint density at radius 3 is 2.34 bits per heavy atom. The number of hydrogen-bond donors (Lipinski definition) is 2. The van der Waals surface area contributed by atoms with Crippen molar-refractivity contribution in [1.29, 1.82) is 0 Å². The van der Waals surface area contributed by atoms with E-state index < -0.39 is 9.84 Å². The van der Waals surface area contributed by atoms with Gasteiger partial charge in [-0.25, -0.2) is 8.42 Å².